The van der Waals surface area contributed by atoms with Crippen LogP contribution in [0.25, 0.3) is 11.2 Å². The van der Waals surface area contributed by atoms with Crippen LogP contribution in [0.4, 0.5) is 10.2 Å². The number of rotatable bonds is 3. The number of hydrogen-bond acceptors (Lipinski definition) is 13. The van der Waals surface area contributed by atoms with Gasteiger partial charge in [0, 0.05) is 11.6 Å². The number of nitrogens with two attached hydrogens (primary N) is 2. The van der Waals surface area contributed by atoms with E-state index in [2.05, 4.69) is 49.6 Å². The summed E-state index contributed by atoms with van der Waals surface area (Å²) >= 11 is 8.15. The van der Waals surface area contributed by atoms with Gasteiger partial charge in [0.25, 0.3) is 5.91 Å². The van der Waals surface area contributed by atoms with Crippen LogP contribution < -0.4 is 11.5 Å². The first-order valence-electron chi connectivity index (χ1n) is 12.3. The van der Waals surface area contributed by atoms with Crippen molar-refractivity contribution in [3.63, 3.8) is 0 Å². The van der Waals surface area contributed by atoms with E-state index in [9.17, 15) is 13.9 Å². The van der Waals surface area contributed by atoms with Gasteiger partial charge in [-0.2, -0.15) is 5.10 Å². The number of anilines is 1. The first-order chi connectivity index (χ1) is 19.4. The van der Waals surface area contributed by atoms with Crippen molar-refractivity contribution in [2.75, 3.05) is 25.6 Å². The predicted octanol–water partition coefficient (Wildman–Crippen LogP) is 2.41. The molecule has 2 unspecified atom stereocenters. The van der Waals surface area contributed by atoms with Gasteiger partial charge < -0.3 is 25.3 Å². The molecule has 222 valence electrons. The average Bonchev–Trinajstić information content (AvgIpc) is 3.61. The number of carbonyl (C=O) groups is 1. The third-order valence-corrected chi connectivity index (χ3v) is 10.7. The summed E-state index contributed by atoms with van der Waals surface area (Å²) < 4.78 is 71.6. The van der Waals surface area contributed by atoms with Gasteiger partial charge in [0.1, 0.15) is 29.7 Å². The summed E-state index contributed by atoms with van der Waals surface area (Å²) in [5.41, 5.74) is 12.2. The van der Waals surface area contributed by atoms with E-state index in [0.29, 0.717) is 12.1 Å². The number of H-pyrrole nitrogens is 1. The second kappa shape index (κ2) is 10.9. The Morgan fingerprint density at radius 3 is 2.63 bits per heavy atom. The first kappa shape index (κ1) is 29.0. The van der Waals surface area contributed by atoms with Crippen molar-refractivity contribution in [2.45, 2.75) is 36.9 Å². The monoisotopic (exact) mass is 650 g/mol. The lowest BCUT2D eigenvalue weighted by atomic mass is 9.64. The summed E-state index contributed by atoms with van der Waals surface area (Å²) in [6, 6.07) is 1.52. The number of carbonyl (C=O) groups excluding carboxylic acids is 1. The largest absolute Gasteiger partial charge is 0.386 e. The number of imidazole rings is 1. The van der Waals surface area contributed by atoms with Crippen LogP contribution in [-0.2, 0) is 32.0 Å². The molecule has 3 aliphatic rings. The van der Waals surface area contributed by atoms with E-state index in [-0.39, 0.29) is 53.6 Å². The van der Waals surface area contributed by atoms with E-state index in [4.69, 9.17) is 34.3 Å². The fraction of sp³-hybridized carbons (Fsp3) is 0.550. The van der Waals surface area contributed by atoms with Gasteiger partial charge in [0.05, 0.1) is 26.1 Å². The number of nitrogens with zero attached hydrogens (tertiary/aromatic N) is 5. The number of nitrogen functional groups attached to an aromatic ring is 1. The highest BCUT2D eigenvalue weighted by atomic mass is 32.7. The molecule has 3 aromatic rings. The molecule has 1 aliphatic carbocycles. The van der Waals surface area contributed by atoms with E-state index in [1.165, 1.54) is 23.3 Å². The maximum absolute atomic E-state index is 15.9. The zero-order valence-electron chi connectivity index (χ0n) is 20.9. The number of halogens is 1. The Kier molecular flexibility index (Phi) is 7.70. The summed E-state index contributed by atoms with van der Waals surface area (Å²) in [5.74, 6) is -1.40. The van der Waals surface area contributed by atoms with Crippen molar-refractivity contribution in [3.8, 4) is 0 Å². The maximum atomic E-state index is 15.9. The van der Waals surface area contributed by atoms with Gasteiger partial charge in [-0.05, 0) is 24.3 Å². The Hall–Kier alpha value is -2.08. The van der Waals surface area contributed by atoms with E-state index >= 15 is 4.39 Å². The quantitative estimate of drug-likeness (QED) is 0.203. The maximum Gasteiger partial charge on any atom is 0.386 e. The number of alkyl halides is 1. The van der Waals surface area contributed by atoms with Gasteiger partial charge >= 0.3 is 13.6 Å². The Labute approximate surface area is 241 Å². The van der Waals surface area contributed by atoms with Crippen molar-refractivity contribution in [3.05, 3.63) is 30.1 Å². The highest BCUT2D eigenvalue weighted by molar-refractivity contribution is 8.44. The fourth-order valence-corrected chi connectivity index (χ4v) is 7.95. The minimum atomic E-state index is -4.14. The summed E-state index contributed by atoms with van der Waals surface area (Å²) in [4.78, 5) is 23.5. The predicted molar refractivity (Wildman–Crippen MR) is 146 cm³/mol. The number of aromatic amines is 1. The average molecular weight is 651 g/mol. The number of fused-ring (bicyclic) bond motifs is 3. The zero-order valence-corrected chi connectivity index (χ0v) is 24.5. The minimum Gasteiger partial charge on any atom is -0.382 e. The van der Waals surface area contributed by atoms with E-state index in [1.807, 2.05) is 0 Å². The van der Waals surface area contributed by atoms with Crippen LogP contribution in [-0.4, -0.2) is 73.8 Å². The lowest BCUT2D eigenvalue weighted by Crippen LogP contribution is -2.40. The first-order valence-corrected chi connectivity index (χ1v) is 17.7. The molecule has 0 spiro atoms. The molecule has 3 aromatic heterocycles. The lowest BCUT2D eigenvalue weighted by molar-refractivity contribution is -0.0407. The summed E-state index contributed by atoms with van der Waals surface area (Å²) in [6.45, 7) is -8.82. The molecule has 41 heavy (non-hydrogen) atoms. The molecule has 0 aromatic carbocycles. The summed E-state index contributed by atoms with van der Waals surface area (Å²) in [6.07, 6.45) is -3.08. The Balaban J connectivity index is 1.23. The van der Waals surface area contributed by atoms with Crippen LogP contribution in [0.3, 0.4) is 0 Å². The normalized spacial score (nSPS) is 38.2. The van der Waals surface area contributed by atoms with Crippen LogP contribution in [0.1, 0.15) is 34.7 Å². The summed E-state index contributed by atoms with van der Waals surface area (Å²) in [5, 5.41) is 6.67. The number of aromatic nitrogens is 6. The van der Waals surface area contributed by atoms with E-state index in [0.717, 1.165) is 0 Å². The fourth-order valence-electron chi connectivity index (χ4n) is 5.26. The second-order valence-electron chi connectivity index (χ2n) is 9.83. The molecule has 2 saturated heterocycles. The standard InChI is InChI=1S/C20H25FN8O8P2S2/c21-14-16-13(36-20(14)29-7-26-15-17(22)24-6-25-19(15)29)5-35-38(31,40)34-4-10-8(3-33-39(32,41)37-16)1-9(10)11-2-12(18(23)30)28-27-11/h2,6-10,13-14,16,20H,1,3-5H2,(H2,23,30)(H,27,28)(H,31,40)(H,32,41)(H2,22,24,25)/t8-,9-,10-,13-,14-,16-,20-,38?,39?/m1/s1. The van der Waals surface area contributed by atoms with Gasteiger partial charge in [-0.25, -0.2) is 28.5 Å². The van der Waals surface area contributed by atoms with Crippen molar-refractivity contribution in [1.82, 2.24) is 29.7 Å². The second-order valence-corrected chi connectivity index (χ2v) is 15.6. The molecule has 21 heteroatoms. The van der Waals surface area contributed by atoms with Crippen LogP contribution in [0, 0.1) is 11.8 Å². The number of nitrogens with one attached hydrogen (secondary N) is 1. The third-order valence-electron chi connectivity index (χ3n) is 7.40. The van der Waals surface area contributed by atoms with Crippen LogP contribution in [0.15, 0.2) is 18.7 Å². The number of thiol groups is 2. The molecule has 6 rings (SSSR count). The molecule has 5 heterocycles. The molecule has 1 amide bonds. The van der Waals surface area contributed by atoms with Gasteiger partial charge in [-0.3, -0.25) is 23.5 Å². The molecule has 16 nitrogen and oxygen atoms in total. The number of amides is 1. The van der Waals surface area contributed by atoms with Crippen LogP contribution in [0.5, 0.6) is 0 Å². The zero-order chi connectivity index (χ0) is 29.1. The molecular weight excluding hydrogens is 625 g/mol. The molecule has 0 radical (unpaired) electrons. The van der Waals surface area contributed by atoms with E-state index < -0.39 is 50.7 Å². The summed E-state index contributed by atoms with van der Waals surface area (Å²) in [7, 11) is 0. The molecule has 0 bridgehead atoms. The van der Waals surface area contributed by atoms with Crippen molar-refractivity contribution in [1.29, 1.82) is 0 Å². The molecule has 3 fully saturated rings. The highest BCUT2D eigenvalue weighted by Crippen LogP contribution is 2.61. The Morgan fingerprint density at radius 1 is 1.12 bits per heavy atom. The molecule has 9 atom stereocenters. The third kappa shape index (κ3) is 5.67. The number of primary amides is 1. The molecular formula is C20H25FN8O8P2S2. The molecule has 2 aliphatic heterocycles. The van der Waals surface area contributed by atoms with Crippen molar-refractivity contribution in [2.24, 2.45) is 17.6 Å². The number of hydrogen-bond donors (Lipinski definition) is 5. The van der Waals surface area contributed by atoms with Crippen molar-refractivity contribution >= 4 is 61.0 Å². The minimum absolute atomic E-state index is 0.0620. The smallest absolute Gasteiger partial charge is 0.382 e. The highest BCUT2D eigenvalue weighted by Gasteiger charge is 2.52. The Morgan fingerprint density at radius 2 is 1.88 bits per heavy atom. The SMILES string of the molecule is NC(=O)c1cc([C@@H]2C[C@@H]3COP(=O)(S)O[C@H]4[C@@H](F)[C@H](n5cnc6c(N)ncnc65)O[C@@H]4COP(=O)(S)OC[C@H]32)[nH]n1. The molecule has 5 N–H and O–H groups in total. The van der Waals surface area contributed by atoms with Crippen LogP contribution in [0.2, 0.25) is 0 Å². The van der Waals surface area contributed by atoms with Gasteiger partial charge in [0.2, 0.25) is 0 Å². The topological polar surface area (TPSA) is 222 Å². The van der Waals surface area contributed by atoms with Gasteiger partial charge in [-0.15, -0.1) is 0 Å². The van der Waals surface area contributed by atoms with Gasteiger partial charge in [-0.1, -0.05) is 24.5 Å². The van der Waals surface area contributed by atoms with Crippen molar-refractivity contribution < 1.29 is 41.1 Å². The lowest BCUT2D eigenvalue weighted by Gasteiger charge is -2.44. The van der Waals surface area contributed by atoms with Gasteiger partial charge in [0.15, 0.2) is 23.9 Å². The Bertz CT molecular complexity index is 1580. The van der Waals surface area contributed by atoms with E-state index in [1.54, 1.807) is 0 Å². The molecule has 1 saturated carbocycles. The number of ether oxygens (including phenoxy) is 1. The van der Waals surface area contributed by atoms with Crippen LogP contribution >= 0.6 is 38.1 Å².